The van der Waals surface area contributed by atoms with E-state index in [2.05, 4.69) is 6.08 Å². The van der Waals surface area contributed by atoms with Gasteiger partial charge in [-0.2, -0.15) is 0 Å². The number of hydrogen-bond acceptors (Lipinski definition) is 2. The third-order valence-electron chi connectivity index (χ3n) is 3.66. The van der Waals surface area contributed by atoms with Crippen molar-refractivity contribution in [2.75, 3.05) is 14.1 Å². The Kier molecular flexibility index (Phi) is 4.38. The Morgan fingerprint density at radius 1 is 1.32 bits per heavy atom. The first kappa shape index (κ1) is 13.8. The first-order valence-electron chi connectivity index (χ1n) is 6.72. The van der Waals surface area contributed by atoms with Gasteiger partial charge >= 0.3 is 0 Å². The van der Waals surface area contributed by atoms with Crippen LogP contribution >= 0.6 is 0 Å². The number of aliphatic hydroxyl groups is 1. The molecule has 0 aliphatic heterocycles. The number of nitrogens with zero attached hydrogens (tertiary/aromatic N) is 1. The second-order valence-corrected chi connectivity index (χ2v) is 5.30. The molecule has 1 N–H and O–H groups in total. The maximum atomic E-state index is 12.0. The molecule has 3 heteroatoms. The Hall–Kier alpha value is -1.61. The third kappa shape index (κ3) is 3.24. The van der Waals surface area contributed by atoms with Crippen LogP contribution in [0.5, 0.6) is 0 Å². The molecule has 0 radical (unpaired) electrons. The molecule has 19 heavy (non-hydrogen) atoms. The molecule has 2 atom stereocenters. The normalized spacial score (nSPS) is 20.6. The number of carbonyl (C=O) groups excluding carboxylic acids is 1. The van der Waals surface area contributed by atoms with Gasteiger partial charge in [-0.3, -0.25) is 4.79 Å². The van der Waals surface area contributed by atoms with E-state index in [4.69, 9.17) is 0 Å². The highest BCUT2D eigenvalue weighted by Crippen LogP contribution is 2.33. The van der Waals surface area contributed by atoms with Gasteiger partial charge < -0.3 is 10.0 Å². The van der Waals surface area contributed by atoms with Gasteiger partial charge in [0.25, 0.3) is 0 Å². The zero-order valence-corrected chi connectivity index (χ0v) is 11.5. The molecule has 0 heterocycles. The smallest absolute Gasteiger partial charge is 0.225 e. The maximum Gasteiger partial charge on any atom is 0.225 e. The quantitative estimate of drug-likeness (QED) is 0.847. The van der Waals surface area contributed by atoms with Crippen LogP contribution in [-0.2, 0) is 4.79 Å². The van der Waals surface area contributed by atoms with Crippen molar-refractivity contribution < 1.29 is 9.90 Å². The average molecular weight is 259 g/mol. The van der Waals surface area contributed by atoms with Gasteiger partial charge in [0, 0.05) is 20.0 Å². The van der Waals surface area contributed by atoms with Crippen LogP contribution < -0.4 is 0 Å². The Bertz CT molecular complexity index is 465. The molecule has 0 bridgehead atoms. The molecule has 2 rings (SSSR count). The predicted molar refractivity (Wildman–Crippen MR) is 75.5 cm³/mol. The first-order chi connectivity index (χ1) is 9.09. The highest BCUT2D eigenvalue weighted by Gasteiger charge is 2.27. The van der Waals surface area contributed by atoms with Crippen LogP contribution in [0.15, 0.2) is 42.0 Å². The lowest BCUT2D eigenvalue weighted by molar-refractivity contribution is -0.133. The lowest BCUT2D eigenvalue weighted by atomic mass is 9.84. The highest BCUT2D eigenvalue weighted by atomic mass is 16.3. The highest BCUT2D eigenvalue weighted by molar-refractivity contribution is 5.78. The van der Waals surface area contributed by atoms with Gasteiger partial charge in [-0.15, -0.1) is 0 Å². The van der Waals surface area contributed by atoms with E-state index in [-0.39, 0.29) is 11.8 Å². The molecule has 1 aromatic rings. The number of aliphatic hydroxyl groups excluding tert-OH is 1. The zero-order chi connectivity index (χ0) is 13.8. The minimum atomic E-state index is -0.584. The molecular weight excluding hydrogens is 238 g/mol. The summed E-state index contributed by atoms with van der Waals surface area (Å²) < 4.78 is 0. The van der Waals surface area contributed by atoms with E-state index in [1.807, 2.05) is 30.3 Å². The Balaban J connectivity index is 2.09. The number of benzene rings is 1. The molecule has 0 saturated carbocycles. The van der Waals surface area contributed by atoms with Crippen molar-refractivity contribution in [1.29, 1.82) is 0 Å². The molecule has 0 aromatic heterocycles. The molecule has 0 fully saturated rings. The zero-order valence-electron chi connectivity index (χ0n) is 11.5. The molecule has 3 nitrogen and oxygen atoms in total. The standard InChI is InChI=1S/C16H21NO2/c1-17(2)16(19)14-10-6-9-13(11-14)15(18)12-7-4-3-5-8-12/h3-5,7-9,14-15,18H,6,10-11H2,1-2H3/t14-,15+/m1/s1. The first-order valence-corrected chi connectivity index (χ1v) is 6.72. The van der Waals surface area contributed by atoms with Crippen LogP contribution in [0.25, 0.3) is 0 Å². The monoisotopic (exact) mass is 259 g/mol. The summed E-state index contributed by atoms with van der Waals surface area (Å²) in [6.45, 7) is 0. The van der Waals surface area contributed by atoms with Gasteiger partial charge in [0.2, 0.25) is 5.91 Å². The summed E-state index contributed by atoms with van der Waals surface area (Å²) >= 11 is 0. The summed E-state index contributed by atoms with van der Waals surface area (Å²) in [6.07, 6.45) is 3.90. The van der Waals surface area contributed by atoms with E-state index in [0.29, 0.717) is 6.42 Å². The molecular formula is C16H21NO2. The van der Waals surface area contributed by atoms with Gasteiger partial charge in [-0.05, 0) is 30.4 Å². The van der Waals surface area contributed by atoms with Gasteiger partial charge in [0.05, 0.1) is 0 Å². The largest absolute Gasteiger partial charge is 0.384 e. The minimum absolute atomic E-state index is 0.00774. The molecule has 102 valence electrons. The number of allylic oxidation sites excluding steroid dienone is 1. The maximum absolute atomic E-state index is 12.0. The summed E-state index contributed by atoms with van der Waals surface area (Å²) in [5, 5.41) is 10.4. The van der Waals surface area contributed by atoms with Gasteiger partial charge in [0.15, 0.2) is 0 Å². The van der Waals surface area contributed by atoms with E-state index < -0.39 is 6.10 Å². The van der Waals surface area contributed by atoms with Crippen molar-refractivity contribution in [3.63, 3.8) is 0 Å². The number of rotatable bonds is 3. The van der Waals surface area contributed by atoms with Crippen LogP contribution in [0, 0.1) is 5.92 Å². The van der Waals surface area contributed by atoms with Crippen molar-refractivity contribution in [3.8, 4) is 0 Å². The second kappa shape index (κ2) is 6.02. The van der Waals surface area contributed by atoms with Gasteiger partial charge in [-0.25, -0.2) is 0 Å². The van der Waals surface area contributed by atoms with E-state index in [9.17, 15) is 9.90 Å². The Labute approximate surface area is 114 Å². The summed E-state index contributed by atoms with van der Waals surface area (Å²) in [5.74, 6) is 0.166. The van der Waals surface area contributed by atoms with Crippen LogP contribution in [0.3, 0.4) is 0 Å². The molecule has 0 saturated heterocycles. The van der Waals surface area contributed by atoms with Crippen molar-refractivity contribution in [2.24, 2.45) is 5.92 Å². The molecule has 0 unspecified atom stereocenters. The van der Waals surface area contributed by atoms with Crippen molar-refractivity contribution in [1.82, 2.24) is 4.90 Å². The topological polar surface area (TPSA) is 40.5 Å². The molecule has 1 aromatic carbocycles. The molecule has 1 aliphatic rings. The average Bonchev–Trinajstić information content (AvgIpc) is 2.46. The molecule has 1 aliphatic carbocycles. The van der Waals surface area contributed by atoms with E-state index in [1.165, 1.54) is 0 Å². The Morgan fingerprint density at radius 3 is 2.63 bits per heavy atom. The van der Waals surface area contributed by atoms with Crippen LogP contribution in [0.4, 0.5) is 0 Å². The number of amides is 1. The van der Waals surface area contributed by atoms with E-state index >= 15 is 0 Å². The van der Waals surface area contributed by atoms with E-state index in [1.54, 1.807) is 19.0 Å². The Morgan fingerprint density at radius 2 is 2.00 bits per heavy atom. The predicted octanol–water partition coefficient (Wildman–Crippen LogP) is 2.53. The third-order valence-corrected chi connectivity index (χ3v) is 3.66. The van der Waals surface area contributed by atoms with Crippen molar-refractivity contribution in [3.05, 3.63) is 47.5 Å². The van der Waals surface area contributed by atoms with Crippen molar-refractivity contribution in [2.45, 2.75) is 25.4 Å². The summed E-state index contributed by atoms with van der Waals surface area (Å²) in [6, 6.07) is 9.62. The molecule has 1 amide bonds. The van der Waals surface area contributed by atoms with Gasteiger partial charge in [-0.1, -0.05) is 36.4 Å². The van der Waals surface area contributed by atoms with Crippen LogP contribution in [0.2, 0.25) is 0 Å². The number of hydrogen-bond donors (Lipinski definition) is 1. The fourth-order valence-corrected chi connectivity index (χ4v) is 2.59. The van der Waals surface area contributed by atoms with Crippen molar-refractivity contribution >= 4 is 5.91 Å². The minimum Gasteiger partial charge on any atom is -0.384 e. The summed E-state index contributed by atoms with van der Waals surface area (Å²) in [4.78, 5) is 13.7. The molecule has 0 spiro atoms. The van der Waals surface area contributed by atoms with Crippen LogP contribution in [0.1, 0.15) is 30.9 Å². The fraction of sp³-hybridized carbons (Fsp3) is 0.438. The lowest BCUT2D eigenvalue weighted by Gasteiger charge is -2.27. The summed E-state index contributed by atoms with van der Waals surface area (Å²) in [7, 11) is 3.57. The summed E-state index contributed by atoms with van der Waals surface area (Å²) in [5.41, 5.74) is 1.87. The lowest BCUT2D eigenvalue weighted by Crippen LogP contribution is -2.31. The van der Waals surface area contributed by atoms with Gasteiger partial charge in [0.1, 0.15) is 6.10 Å². The van der Waals surface area contributed by atoms with Crippen LogP contribution in [-0.4, -0.2) is 30.0 Å². The van der Waals surface area contributed by atoms with E-state index in [0.717, 1.165) is 24.0 Å². The second-order valence-electron chi connectivity index (χ2n) is 5.30. The SMILES string of the molecule is CN(C)C(=O)[C@@H]1CCC=C([C@@H](O)c2ccccc2)C1. The fourth-order valence-electron chi connectivity index (χ4n) is 2.59. The number of carbonyl (C=O) groups is 1.